The average Bonchev–Trinajstić information content (AvgIpc) is 2.73. The maximum absolute atomic E-state index is 11.2. The molecule has 0 spiro atoms. The molecule has 0 saturated carbocycles. The third-order valence-corrected chi connectivity index (χ3v) is 4.79. The lowest BCUT2D eigenvalue weighted by Crippen LogP contribution is -2.11. The SMILES string of the molecule is NS(=O)(=O)c1sccc1-c1nccs1. The topological polar surface area (TPSA) is 73.1 Å². The summed E-state index contributed by atoms with van der Waals surface area (Å²) in [6.45, 7) is 0. The molecule has 0 bridgehead atoms. The van der Waals surface area contributed by atoms with Crippen molar-refractivity contribution in [3.05, 3.63) is 23.0 Å². The Morgan fingerprint density at radius 3 is 2.64 bits per heavy atom. The zero-order valence-corrected chi connectivity index (χ0v) is 9.32. The molecule has 0 radical (unpaired) electrons. The first kappa shape index (κ1) is 9.78. The summed E-state index contributed by atoms with van der Waals surface area (Å²) in [5.74, 6) is 0. The zero-order chi connectivity index (χ0) is 10.2. The van der Waals surface area contributed by atoms with E-state index in [1.54, 1.807) is 23.0 Å². The van der Waals surface area contributed by atoms with Crippen LogP contribution in [0.1, 0.15) is 0 Å². The Morgan fingerprint density at radius 2 is 2.07 bits per heavy atom. The van der Waals surface area contributed by atoms with Gasteiger partial charge >= 0.3 is 0 Å². The molecule has 0 aliphatic carbocycles. The highest BCUT2D eigenvalue weighted by Crippen LogP contribution is 2.32. The highest BCUT2D eigenvalue weighted by atomic mass is 32.2. The molecule has 0 fully saturated rings. The molecular weight excluding hydrogens is 240 g/mol. The van der Waals surface area contributed by atoms with Gasteiger partial charge in [-0.25, -0.2) is 18.5 Å². The molecule has 14 heavy (non-hydrogen) atoms. The Kier molecular flexibility index (Phi) is 2.40. The predicted molar refractivity (Wildman–Crippen MR) is 56.8 cm³/mol. The number of hydrogen-bond donors (Lipinski definition) is 1. The summed E-state index contributed by atoms with van der Waals surface area (Å²) in [6, 6.07) is 1.71. The van der Waals surface area contributed by atoms with E-state index in [9.17, 15) is 8.42 Å². The summed E-state index contributed by atoms with van der Waals surface area (Å²) in [7, 11) is -3.63. The van der Waals surface area contributed by atoms with Crippen LogP contribution in [-0.4, -0.2) is 13.4 Å². The number of aromatic nitrogens is 1. The van der Waals surface area contributed by atoms with E-state index in [0.717, 1.165) is 11.3 Å². The summed E-state index contributed by atoms with van der Waals surface area (Å²) in [6.07, 6.45) is 1.63. The van der Waals surface area contributed by atoms with Crippen LogP contribution in [0.5, 0.6) is 0 Å². The summed E-state index contributed by atoms with van der Waals surface area (Å²) >= 11 is 2.49. The van der Waals surface area contributed by atoms with Gasteiger partial charge in [0.15, 0.2) is 0 Å². The standard InChI is InChI=1S/C7H6N2O2S3/c8-14(10,11)7-5(1-3-13-7)6-9-2-4-12-6/h1-4H,(H2,8,10,11). The highest BCUT2D eigenvalue weighted by Gasteiger charge is 2.17. The first-order valence-electron chi connectivity index (χ1n) is 3.59. The fourth-order valence-corrected chi connectivity index (χ4v) is 3.62. The molecule has 2 rings (SSSR count). The van der Waals surface area contributed by atoms with Gasteiger partial charge in [0.1, 0.15) is 9.22 Å². The Morgan fingerprint density at radius 1 is 1.29 bits per heavy atom. The number of rotatable bonds is 2. The largest absolute Gasteiger partial charge is 0.248 e. The van der Waals surface area contributed by atoms with Gasteiger partial charge in [0, 0.05) is 17.1 Å². The van der Waals surface area contributed by atoms with Crippen LogP contribution in [0.15, 0.2) is 27.2 Å². The van der Waals surface area contributed by atoms with Gasteiger partial charge in [-0.05, 0) is 11.4 Å². The fraction of sp³-hybridized carbons (Fsp3) is 0. The molecule has 74 valence electrons. The summed E-state index contributed by atoms with van der Waals surface area (Å²) < 4.78 is 22.5. The van der Waals surface area contributed by atoms with E-state index >= 15 is 0 Å². The van der Waals surface area contributed by atoms with Gasteiger partial charge in [-0.1, -0.05) is 0 Å². The van der Waals surface area contributed by atoms with E-state index in [2.05, 4.69) is 4.98 Å². The Labute approximate surface area is 89.1 Å². The second-order valence-electron chi connectivity index (χ2n) is 2.50. The maximum atomic E-state index is 11.2. The molecule has 0 amide bonds. The molecular formula is C7H6N2O2S3. The third-order valence-electron chi connectivity index (χ3n) is 1.55. The van der Waals surface area contributed by atoms with Crippen molar-refractivity contribution in [2.24, 2.45) is 5.14 Å². The maximum Gasteiger partial charge on any atom is 0.248 e. The van der Waals surface area contributed by atoms with Crippen LogP contribution < -0.4 is 5.14 Å². The molecule has 4 nitrogen and oxygen atoms in total. The fourth-order valence-electron chi connectivity index (χ4n) is 1.03. The Bertz CT molecular complexity index is 527. The molecule has 0 aromatic carbocycles. The van der Waals surface area contributed by atoms with Gasteiger partial charge in [0.2, 0.25) is 10.0 Å². The quantitative estimate of drug-likeness (QED) is 0.873. The van der Waals surface area contributed by atoms with Gasteiger partial charge in [-0.2, -0.15) is 0 Å². The van der Waals surface area contributed by atoms with E-state index < -0.39 is 10.0 Å². The molecule has 2 heterocycles. The van der Waals surface area contributed by atoms with Crippen molar-refractivity contribution in [3.63, 3.8) is 0 Å². The Hall–Kier alpha value is -0.760. The van der Waals surface area contributed by atoms with Crippen LogP contribution in [-0.2, 0) is 10.0 Å². The van der Waals surface area contributed by atoms with Crippen molar-refractivity contribution in [1.29, 1.82) is 0 Å². The van der Waals surface area contributed by atoms with Gasteiger partial charge < -0.3 is 0 Å². The smallest absolute Gasteiger partial charge is 0.244 e. The summed E-state index contributed by atoms with van der Waals surface area (Å²) in [4.78, 5) is 4.04. The minimum absolute atomic E-state index is 0.174. The number of nitrogens with zero attached hydrogens (tertiary/aromatic N) is 1. The van der Waals surface area contributed by atoms with Gasteiger partial charge in [0.25, 0.3) is 0 Å². The number of sulfonamides is 1. The summed E-state index contributed by atoms with van der Waals surface area (Å²) in [5, 5.41) is 9.23. The molecule has 7 heteroatoms. The lowest BCUT2D eigenvalue weighted by molar-refractivity contribution is 0.600. The zero-order valence-electron chi connectivity index (χ0n) is 6.88. The predicted octanol–water partition coefficient (Wildman–Crippen LogP) is 1.52. The molecule has 0 aliphatic heterocycles. The first-order chi connectivity index (χ1) is 6.59. The molecule has 2 aromatic heterocycles. The molecule has 0 atom stereocenters. The number of hydrogen-bond acceptors (Lipinski definition) is 5. The average molecular weight is 246 g/mol. The van der Waals surface area contributed by atoms with Crippen molar-refractivity contribution in [2.75, 3.05) is 0 Å². The van der Waals surface area contributed by atoms with E-state index in [0.29, 0.717) is 10.6 Å². The molecule has 0 aliphatic rings. The molecule has 2 N–H and O–H groups in total. The lowest BCUT2D eigenvalue weighted by Gasteiger charge is -1.96. The van der Waals surface area contributed by atoms with Crippen molar-refractivity contribution in [1.82, 2.24) is 4.98 Å². The van der Waals surface area contributed by atoms with Crippen LogP contribution in [0.25, 0.3) is 10.6 Å². The minimum Gasteiger partial charge on any atom is -0.244 e. The van der Waals surface area contributed by atoms with E-state index in [1.165, 1.54) is 11.3 Å². The second kappa shape index (κ2) is 3.43. The highest BCUT2D eigenvalue weighted by molar-refractivity contribution is 7.91. The van der Waals surface area contributed by atoms with E-state index in [-0.39, 0.29) is 4.21 Å². The van der Waals surface area contributed by atoms with Gasteiger partial charge in [-0.3, -0.25) is 0 Å². The van der Waals surface area contributed by atoms with Crippen LogP contribution in [0.4, 0.5) is 0 Å². The number of nitrogens with two attached hydrogens (primary N) is 1. The number of primary sulfonamides is 1. The van der Waals surface area contributed by atoms with Crippen LogP contribution in [0.2, 0.25) is 0 Å². The molecule has 2 aromatic rings. The van der Waals surface area contributed by atoms with Crippen LogP contribution >= 0.6 is 22.7 Å². The molecule has 0 unspecified atom stereocenters. The minimum atomic E-state index is -3.63. The number of thiazole rings is 1. The summed E-state index contributed by atoms with van der Waals surface area (Å²) in [5.41, 5.74) is 0.590. The monoisotopic (exact) mass is 246 g/mol. The second-order valence-corrected chi connectivity index (χ2v) is 6.07. The number of thiophene rings is 1. The van der Waals surface area contributed by atoms with Gasteiger partial charge in [-0.15, -0.1) is 22.7 Å². The van der Waals surface area contributed by atoms with Crippen LogP contribution in [0.3, 0.4) is 0 Å². The van der Waals surface area contributed by atoms with E-state index in [1.807, 2.05) is 0 Å². The van der Waals surface area contributed by atoms with Crippen LogP contribution in [0, 0.1) is 0 Å². The lowest BCUT2D eigenvalue weighted by atomic mass is 10.4. The first-order valence-corrected chi connectivity index (χ1v) is 6.90. The van der Waals surface area contributed by atoms with Crippen molar-refractivity contribution >= 4 is 32.7 Å². The third kappa shape index (κ3) is 1.71. The van der Waals surface area contributed by atoms with Crippen molar-refractivity contribution < 1.29 is 8.42 Å². The van der Waals surface area contributed by atoms with E-state index in [4.69, 9.17) is 5.14 Å². The Balaban J connectivity index is 2.62. The van der Waals surface area contributed by atoms with Crippen molar-refractivity contribution in [3.8, 4) is 10.6 Å². The normalized spacial score (nSPS) is 11.8. The molecule has 0 saturated heterocycles. The van der Waals surface area contributed by atoms with Gasteiger partial charge in [0.05, 0.1) is 0 Å². The van der Waals surface area contributed by atoms with Crippen molar-refractivity contribution in [2.45, 2.75) is 4.21 Å².